The Hall–Kier alpha value is -3.78. The van der Waals surface area contributed by atoms with E-state index in [1.807, 2.05) is 24.3 Å². The van der Waals surface area contributed by atoms with E-state index in [1.54, 1.807) is 42.3 Å². The van der Waals surface area contributed by atoms with Crippen molar-refractivity contribution < 1.29 is 15.8 Å². The summed E-state index contributed by atoms with van der Waals surface area (Å²) in [5.41, 5.74) is 8.21. The zero-order valence-electron chi connectivity index (χ0n) is 16.4. The number of nitrogens with zero attached hydrogens (tertiary/aromatic N) is 3. The molecule has 3 N–H and O–H groups in total. The van der Waals surface area contributed by atoms with E-state index in [1.165, 1.54) is 6.20 Å². The smallest absolute Gasteiger partial charge is 0.278 e. The molecular weight excluding hydrogens is 382 g/mol. The number of nitrogens with one attached hydrogen (secondary N) is 1. The van der Waals surface area contributed by atoms with Gasteiger partial charge in [-0.15, -0.1) is 0 Å². The summed E-state index contributed by atoms with van der Waals surface area (Å²) in [6.45, 7) is 1.15. The number of carbonyl (C=O) groups excluding carboxylic acids is 2. The average Bonchev–Trinajstić information content (AvgIpc) is 2.74. The lowest BCUT2D eigenvalue weighted by Crippen LogP contribution is -2.54. The van der Waals surface area contributed by atoms with E-state index in [9.17, 15) is 9.59 Å². The van der Waals surface area contributed by atoms with Crippen LogP contribution in [0.2, 0.25) is 0 Å². The maximum absolute atomic E-state index is 12.7. The molecule has 4 rings (SSSR count). The Morgan fingerprint density at radius 2 is 1.93 bits per heavy atom. The van der Waals surface area contributed by atoms with Gasteiger partial charge in [-0.1, -0.05) is 30.3 Å². The highest BCUT2D eigenvalue weighted by Crippen LogP contribution is 2.23. The minimum atomic E-state index is -0.452. The number of methoxy groups -OCH3 is 1. The van der Waals surface area contributed by atoms with Crippen LogP contribution >= 0.6 is 0 Å². The summed E-state index contributed by atoms with van der Waals surface area (Å²) in [6.07, 6.45) is 1.58. The second kappa shape index (κ2) is 8.30. The summed E-state index contributed by atoms with van der Waals surface area (Å²) in [4.78, 5) is 35.5. The Labute approximate surface area is 175 Å². The number of ether oxygens (including phenoxy) is 1. The van der Waals surface area contributed by atoms with Crippen LogP contribution in [-0.4, -0.2) is 53.0 Å². The lowest BCUT2D eigenvalue weighted by Gasteiger charge is -2.38. The molecule has 0 spiro atoms. The Balaban J connectivity index is 0.00000272. The van der Waals surface area contributed by atoms with Gasteiger partial charge in [0, 0.05) is 38.4 Å². The number of nitrogen functional groups attached to an aromatic ring is 1. The van der Waals surface area contributed by atoms with Gasteiger partial charge in [-0.3, -0.25) is 9.59 Å². The molecule has 2 heterocycles. The number of aromatic nitrogens is 2. The fourth-order valence-corrected chi connectivity index (χ4v) is 3.16. The Morgan fingerprint density at radius 3 is 2.67 bits per heavy atom. The predicted molar refractivity (Wildman–Crippen MR) is 115 cm³/mol. The number of likely N-dealkylation sites (tertiary alicyclic amines) is 1. The van der Waals surface area contributed by atoms with Crippen LogP contribution in [0.1, 0.15) is 22.3 Å². The van der Waals surface area contributed by atoms with Crippen LogP contribution in [0, 0.1) is 0 Å². The van der Waals surface area contributed by atoms with Gasteiger partial charge >= 0.3 is 0 Å². The second-order valence-corrected chi connectivity index (χ2v) is 6.96. The first-order chi connectivity index (χ1) is 14.5. The molecule has 154 valence electrons. The summed E-state index contributed by atoms with van der Waals surface area (Å²) in [6, 6.07) is 16.1. The Bertz CT molecular complexity index is 1090. The van der Waals surface area contributed by atoms with E-state index < -0.39 is 5.91 Å². The molecular formula is C22H23N5O3. The van der Waals surface area contributed by atoms with Crippen molar-refractivity contribution in [3.05, 3.63) is 72.1 Å². The molecule has 30 heavy (non-hydrogen) atoms. The van der Waals surface area contributed by atoms with Crippen molar-refractivity contribution in [3.8, 4) is 11.3 Å². The maximum Gasteiger partial charge on any atom is 0.278 e. The van der Waals surface area contributed by atoms with Crippen molar-refractivity contribution in [2.75, 3.05) is 31.2 Å². The third kappa shape index (κ3) is 3.99. The van der Waals surface area contributed by atoms with Gasteiger partial charge in [0.2, 0.25) is 0 Å². The van der Waals surface area contributed by atoms with Crippen molar-refractivity contribution in [2.24, 2.45) is 0 Å². The van der Waals surface area contributed by atoms with E-state index in [2.05, 4.69) is 15.3 Å². The average molecular weight is 405 g/mol. The number of hydrogen-bond donors (Lipinski definition) is 2. The van der Waals surface area contributed by atoms with Crippen LogP contribution in [-0.2, 0) is 4.74 Å². The van der Waals surface area contributed by atoms with Gasteiger partial charge in [0.1, 0.15) is 0 Å². The molecule has 3 aromatic rings. The summed E-state index contributed by atoms with van der Waals surface area (Å²) >= 11 is 0. The third-order valence-electron chi connectivity index (χ3n) is 4.92. The summed E-state index contributed by atoms with van der Waals surface area (Å²) in [7, 11) is 1.64. The molecule has 1 aliphatic heterocycles. The van der Waals surface area contributed by atoms with Crippen molar-refractivity contribution in [2.45, 2.75) is 6.10 Å². The van der Waals surface area contributed by atoms with Gasteiger partial charge in [-0.25, -0.2) is 9.97 Å². The second-order valence-electron chi connectivity index (χ2n) is 6.96. The molecule has 2 amide bonds. The molecule has 0 unspecified atom stereocenters. The molecule has 2 aromatic carbocycles. The third-order valence-corrected chi connectivity index (χ3v) is 4.92. The van der Waals surface area contributed by atoms with E-state index in [4.69, 9.17) is 10.5 Å². The normalized spacial score (nSPS) is 13.6. The van der Waals surface area contributed by atoms with E-state index in [0.29, 0.717) is 35.6 Å². The van der Waals surface area contributed by atoms with Crippen molar-refractivity contribution >= 4 is 23.3 Å². The van der Waals surface area contributed by atoms with Crippen LogP contribution < -0.4 is 11.1 Å². The zero-order valence-corrected chi connectivity index (χ0v) is 16.4. The first-order valence-corrected chi connectivity index (χ1v) is 9.46. The van der Waals surface area contributed by atoms with Gasteiger partial charge in [-0.05, 0) is 24.3 Å². The summed E-state index contributed by atoms with van der Waals surface area (Å²) in [5.74, 6) is -0.493. The minimum Gasteiger partial charge on any atom is -0.382 e. The number of nitrogens with two attached hydrogens (primary N) is 1. The standard InChI is InChI=1S/C22H21N5O3.H2/c1-30-17-12-27(13-17)22(29)15-7-5-6-14(10-15)18-11-24-20(23)19(26-18)21(28)25-16-8-3-2-4-9-16;/h2-11,17H,12-13H2,1H3,(H2,23,24)(H,25,28);1H. The first kappa shape index (κ1) is 19.5. The highest BCUT2D eigenvalue weighted by Gasteiger charge is 2.31. The SMILES string of the molecule is COC1CN(C(=O)c2cccc(-c3cnc(N)c(C(=O)Nc4ccccc4)n3)c2)C1.[HH]. The molecule has 1 aromatic heterocycles. The van der Waals surface area contributed by atoms with Gasteiger partial charge in [0.15, 0.2) is 11.5 Å². The molecule has 8 nitrogen and oxygen atoms in total. The fourth-order valence-electron chi connectivity index (χ4n) is 3.16. The number of para-hydroxylation sites is 1. The largest absolute Gasteiger partial charge is 0.382 e. The number of anilines is 2. The van der Waals surface area contributed by atoms with Gasteiger partial charge < -0.3 is 20.7 Å². The first-order valence-electron chi connectivity index (χ1n) is 9.46. The fraction of sp³-hybridized carbons (Fsp3) is 0.182. The predicted octanol–water partition coefficient (Wildman–Crippen LogP) is 2.69. The van der Waals surface area contributed by atoms with Gasteiger partial charge in [0.05, 0.1) is 18.0 Å². The minimum absolute atomic E-state index is 0. The van der Waals surface area contributed by atoms with E-state index >= 15 is 0 Å². The topological polar surface area (TPSA) is 110 Å². The summed E-state index contributed by atoms with van der Waals surface area (Å²) in [5, 5.41) is 2.75. The van der Waals surface area contributed by atoms with Crippen LogP contribution in [0.15, 0.2) is 60.8 Å². The molecule has 0 saturated carbocycles. The van der Waals surface area contributed by atoms with Crippen molar-refractivity contribution in [3.63, 3.8) is 0 Å². The van der Waals surface area contributed by atoms with Crippen LogP contribution in [0.4, 0.5) is 11.5 Å². The number of benzene rings is 2. The zero-order chi connectivity index (χ0) is 21.1. The van der Waals surface area contributed by atoms with Gasteiger partial charge in [-0.2, -0.15) is 0 Å². The molecule has 0 radical (unpaired) electrons. The number of hydrogen-bond acceptors (Lipinski definition) is 6. The van der Waals surface area contributed by atoms with Crippen molar-refractivity contribution in [1.82, 2.24) is 14.9 Å². The Morgan fingerprint density at radius 1 is 1.17 bits per heavy atom. The molecule has 1 fully saturated rings. The number of carbonyl (C=O) groups is 2. The molecule has 0 bridgehead atoms. The van der Waals surface area contributed by atoms with Crippen LogP contribution in [0.5, 0.6) is 0 Å². The van der Waals surface area contributed by atoms with E-state index in [-0.39, 0.29) is 24.9 Å². The molecule has 8 heteroatoms. The van der Waals surface area contributed by atoms with Crippen LogP contribution in [0.25, 0.3) is 11.3 Å². The highest BCUT2D eigenvalue weighted by atomic mass is 16.5. The monoisotopic (exact) mass is 405 g/mol. The quantitative estimate of drug-likeness (QED) is 0.675. The van der Waals surface area contributed by atoms with Crippen molar-refractivity contribution in [1.29, 1.82) is 0 Å². The van der Waals surface area contributed by atoms with Crippen LogP contribution in [0.3, 0.4) is 0 Å². The maximum atomic E-state index is 12.7. The van der Waals surface area contributed by atoms with Gasteiger partial charge in [0.25, 0.3) is 11.8 Å². The van der Waals surface area contributed by atoms with E-state index in [0.717, 1.165) is 0 Å². The molecule has 0 aliphatic carbocycles. The molecule has 1 saturated heterocycles. The summed E-state index contributed by atoms with van der Waals surface area (Å²) < 4.78 is 5.22. The molecule has 0 atom stereocenters. The highest BCUT2D eigenvalue weighted by molar-refractivity contribution is 6.06. The number of amides is 2. The molecule has 1 aliphatic rings. The number of rotatable bonds is 5. The lowest BCUT2D eigenvalue weighted by atomic mass is 10.0. The lowest BCUT2D eigenvalue weighted by molar-refractivity contribution is -0.0191. The Kier molecular flexibility index (Phi) is 5.40.